The van der Waals surface area contributed by atoms with E-state index >= 15 is 0 Å². The first-order valence-corrected chi connectivity index (χ1v) is 6.41. The molecule has 0 saturated carbocycles. The van der Waals surface area contributed by atoms with Crippen LogP contribution in [0.5, 0.6) is 0 Å². The van der Waals surface area contributed by atoms with Crippen LogP contribution in [-0.4, -0.2) is 66.9 Å². The van der Waals surface area contributed by atoms with Gasteiger partial charge in [0.1, 0.15) is 5.92 Å². The lowest BCUT2D eigenvalue weighted by molar-refractivity contribution is -0.156. The number of hydrogen-bond acceptors (Lipinski definition) is 5. The van der Waals surface area contributed by atoms with Crippen molar-refractivity contribution in [1.82, 2.24) is 10.2 Å². The van der Waals surface area contributed by atoms with Crippen molar-refractivity contribution in [1.29, 1.82) is 0 Å². The van der Waals surface area contributed by atoms with Crippen LogP contribution in [0.15, 0.2) is 5.16 Å². The number of ether oxygens (including phenoxy) is 1. The lowest BCUT2D eigenvalue weighted by Crippen LogP contribution is -2.52. The third-order valence-electron chi connectivity index (χ3n) is 3.19. The molecule has 1 rings (SSSR count). The van der Waals surface area contributed by atoms with Crippen LogP contribution in [0, 0.1) is 5.92 Å². The molecule has 21 heavy (non-hydrogen) atoms. The SMILES string of the molecule is CC(NCC(C(N)=NO)C(F)(F)F)C(=O)N1CCOCC1. The van der Waals surface area contributed by atoms with Gasteiger partial charge >= 0.3 is 6.18 Å². The number of hydrogen-bond donors (Lipinski definition) is 3. The zero-order valence-corrected chi connectivity index (χ0v) is 11.6. The van der Waals surface area contributed by atoms with E-state index in [1.54, 1.807) is 0 Å². The molecule has 1 heterocycles. The fourth-order valence-corrected chi connectivity index (χ4v) is 1.90. The van der Waals surface area contributed by atoms with E-state index in [0.717, 1.165) is 0 Å². The van der Waals surface area contributed by atoms with E-state index in [1.807, 2.05) is 0 Å². The molecule has 0 aromatic heterocycles. The monoisotopic (exact) mass is 312 g/mol. The number of alkyl halides is 3. The second kappa shape index (κ2) is 7.46. The van der Waals surface area contributed by atoms with Gasteiger partial charge in [0.15, 0.2) is 5.84 Å². The highest BCUT2D eigenvalue weighted by Gasteiger charge is 2.43. The summed E-state index contributed by atoms with van der Waals surface area (Å²) < 4.78 is 43.3. The molecule has 0 bridgehead atoms. The zero-order valence-electron chi connectivity index (χ0n) is 11.6. The summed E-state index contributed by atoms with van der Waals surface area (Å²) >= 11 is 0. The Labute approximate surface area is 119 Å². The van der Waals surface area contributed by atoms with Crippen molar-refractivity contribution in [2.24, 2.45) is 16.8 Å². The van der Waals surface area contributed by atoms with E-state index in [1.165, 1.54) is 11.8 Å². The largest absolute Gasteiger partial charge is 0.409 e. The third kappa shape index (κ3) is 5.05. The summed E-state index contributed by atoms with van der Waals surface area (Å²) in [5.41, 5.74) is 5.04. The van der Waals surface area contributed by atoms with Crippen LogP contribution in [0.2, 0.25) is 0 Å². The standard InChI is InChI=1S/C11H19F3N4O3/c1-7(10(19)18-2-4-21-5-3-18)16-6-8(9(15)17-20)11(12,13)14/h7-8,16,20H,2-6H2,1H3,(H2,15,17). The summed E-state index contributed by atoms with van der Waals surface area (Å²) in [7, 11) is 0. The smallest absolute Gasteiger partial charge is 0.400 e. The summed E-state index contributed by atoms with van der Waals surface area (Å²) in [5, 5.41) is 13.3. The first-order valence-electron chi connectivity index (χ1n) is 6.41. The molecule has 1 aliphatic heterocycles. The average molecular weight is 312 g/mol. The normalized spacial score (nSPS) is 20.2. The minimum atomic E-state index is -4.66. The topological polar surface area (TPSA) is 100 Å². The van der Waals surface area contributed by atoms with E-state index < -0.39 is 30.5 Å². The molecule has 4 N–H and O–H groups in total. The number of morpholine rings is 1. The van der Waals surface area contributed by atoms with Gasteiger partial charge in [-0.3, -0.25) is 4.79 Å². The predicted octanol–water partition coefficient (Wildman–Crippen LogP) is -0.252. The van der Waals surface area contributed by atoms with Gasteiger partial charge in [-0.25, -0.2) is 0 Å². The Kier molecular flexibility index (Phi) is 6.21. The Morgan fingerprint density at radius 2 is 2.05 bits per heavy atom. The van der Waals surface area contributed by atoms with Crippen LogP contribution in [0.3, 0.4) is 0 Å². The molecule has 0 aromatic rings. The highest BCUT2D eigenvalue weighted by Crippen LogP contribution is 2.26. The molecule has 1 fully saturated rings. The lowest BCUT2D eigenvalue weighted by atomic mass is 10.1. The van der Waals surface area contributed by atoms with Gasteiger partial charge in [-0.1, -0.05) is 5.16 Å². The predicted molar refractivity (Wildman–Crippen MR) is 67.8 cm³/mol. The average Bonchev–Trinajstić information content (AvgIpc) is 2.45. The second-order valence-corrected chi connectivity index (χ2v) is 4.69. The van der Waals surface area contributed by atoms with Crippen molar-refractivity contribution in [3.63, 3.8) is 0 Å². The fraction of sp³-hybridized carbons (Fsp3) is 0.818. The fourth-order valence-electron chi connectivity index (χ4n) is 1.90. The molecule has 0 aliphatic carbocycles. The minimum absolute atomic E-state index is 0.307. The van der Waals surface area contributed by atoms with Gasteiger partial charge in [-0.2, -0.15) is 13.2 Å². The lowest BCUT2D eigenvalue weighted by Gasteiger charge is -2.30. The molecule has 7 nitrogen and oxygen atoms in total. The molecule has 1 amide bonds. The summed E-state index contributed by atoms with van der Waals surface area (Å²) in [6, 6.07) is -0.806. The number of nitrogens with zero attached hydrogens (tertiary/aromatic N) is 2. The van der Waals surface area contributed by atoms with Crippen LogP contribution in [0.4, 0.5) is 13.2 Å². The van der Waals surface area contributed by atoms with Gasteiger partial charge in [0.25, 0.3) is 0 Å². The summed E-state index contributed by atoms with van der Waals surface area (Å²) in [6.45, 7) is 2.47. The van der Waals surface area contributed by atoms with Crippen molar-refractivity contribution in [2.75, 3.05) is 32.8 Å². The summed E-state index contributed by atoms with van der Waals surface area (Å²) in [6.07, 6.45) is -4.66. The Morgan fingerprint density at radius 3 is 2.52 bits per heavy atom. The van der Waals surface area contributed by atoms with Crippen LogP contribution in [0.1, 0.15) is 6.92 Å². The maximum Gasteiger partial charge on any atom is 0.400 e. The van der Waals surface area contributed by atoms with Crippen molar-refractivity contribution >= 4 is 11.7 Å². The molecule has 0 spiro atoms. The maximum atomic E-state index is 12.7. The minimum Gasteiger partial charge on any atom is -0.409 e. The number of rotatable bonds is 5. The number of halogens is 3. The molecular formula is C11H19F3N4O3. The van der Waals surface area contributed by atoms with Crippen molar-refractivity contribution in [3.05, 3.63) is 0 Å². The third-order valence-corrected chi connectivity index (χ3v) is 3.19. The molecule has 1 saturated heterocycles. The van der Waals surface area contributed by atoms with Crippen LogP contribution in [0.25, 0.3) is 0 Å². The van der Waals surface area contributed by atoms with Gasteiger partial charge in [-0.05, 0) is 6.92 Å². The molecule has 2 atom stereocenters. The van der Waals surface area contributed by atoms with Crippen LogP contribution >= 0.6 is 0 Å². The van der Waals surface area contributed by atoms with E-state index in [4.69, 9.17) is 15.7 Å². The maximum absolute atomic E-state index is 12.7. The number of amides is 1. The van der Waals surface area contributed by atoms with Crippen molar-refractivity contribution in [3.8, 4) is 0 Å². The number of carbonyl (C=O) groups excluding carboxylic acids is 1. The van der Waals surface area contributed by atoms with Crippen molar-refractivity contribution < 1.29 is 27.9 Å². The van der Waals surface area contributed by atoms with Crippen LogP contribution in [-0.2, 0) is 9.53 Å². The van der Waals surface area contributed by atoms with Crippen LogP contribution < -0.4 is 11.1 Å². The van der Waals surface area contributed by atoms with E-state index in [-0.39, 0.29) is 5.91 Å². The van der Waals surface area contributed by atoms with Crippen molar-refractivity contribution in [2.45, 2.75) is 19.1 Å². The quantitative estimate of drug-likeness (QED) is 0.281. The molecule has 0 radical (unpaired) electrons. The number of nitrogens with two attached hydrogens (primary N) is 1. The van der Waals surface area contributed by atoms with Gasteiger partial charge in [0.2, 0.25) is 5.91 Å². The van der Waals surface area contributed by atoms with Gasteiger partial charge in [-0.15, -0.1) is 0 Å². The first-order chi connectivity index (χ1) is 9.77. The highest BCUT2D eigenvalue weighted by molar-refractivity contribution is 5.84. The molecule has 10 heteroatoms. The van der Waals surface area contributed by atoms with Gasteiger partial charge in [0, 0.05) is 19.6 Å². The molecule has 1 aliphatic rings. The summed E-state index contributed by atoms with van der Waals surface area (Å²) in [4.78, 5) is 13.5. The highest BCUT2D eigenvalue weighted by atomic mass is 19.4. The Balaban J connectivity index is 2.56. The van der Waals surface area contributed by atoms with Gasteiger partial charge in [0.05, 0.1) is 19.3 Å². The molecular weight excluding hydrogens is 293 g/mol. The van der Waals surface area contributed by atoms with E-state index in [2.05, 4.69) is 10.5 Å². The number of nitrogens with one attached hydrogen (secondary N) is 1. The molecule has 122 valence electrons. The van der Waals surface area contributed by atoms with E-state index in [0.29, 0.717) is 26.3 Å². The zero-order chi connectivity index (χ0) is 16.0. The molecule has 0 aromatic carbocycles. The van der Waals surface area contributed by atoms with E-state index in [9.17, 15) is 18.0 Å². The van der Waals surface area contributed by atoms with Gasteiger partial charge < -0.3 is 25.9 Å². The second-order valence-electron chi connectivity index (χ2n) is 4.69. The Morgan fingerprint density at radius 1 is 1.48 bits per heavy atom. The number of oxime groups is 1. The molecule has 2 unspecified atom stereocenters. The first kappa shape index (κ1) is 17.5. The number of carbonyl (C=O) groups is 1. The Hall–Kier alpha value is -1.55. The number of amidine groups is 1. The Bertz CT molecular complexity index is 383. The summed E-state index contributed by atoms with van der Waals surface area (Å²) in [5.74, 6) is -3.40.